The lowest BCUT2D eigenvalue weighted by Gasteiger charge is -2.21. The first-order valence-corrected chi connectivity index (χ1v) is 8.52. The third kappa shape index (κ3) is 2.70. The number of imidazole rings is 2. The molecule has 0 bridgehead atoms. The van der Waals surface area contributed by atoms with Gasteiger partial charge in [0.25, 0.3) is 0 Å². The molecule has 0 amide bonds. The van der Waals surface area contributed by atoms with Gasteiger partial charge in [-0.3, -0.25) is 0 Å². The van der Waals surface area contributed by atoms with Gasteiger partial charge in [0.15, 0.2) is 11.6 Å². The fourth-order valence-corrected chi connectivity index (χ4v) is 3.64. The first kappa shape index (κ1) is 15.0. The minimum Gasteiger partial charge on any atom is -0.371 e. The topological polar surface area (TPSA) is 38.9 Å². The first-order chi connectivity index (χ1) is 11.7. The van der Waals surface area contributed by atoms with Gasteiger partial charge in [-0.15, -0.1) is 0 Å². The Bertz CT molecular complexity index is 832. The van der Waals surface area contributed by atoms with Crippen LogP contribution in [0.4, 0.5) is 5.69 Å². The molecule has 1 fully saturated rings. The van der Waals surface area contributed by atoms with E-state index in [9.17, 15) is 0 Å². The van der Waals surface area contributed by atoms with Crippen molar-refractivity contribution in [3.63, 3.8) is 0 Å². The van der Waals surface area contributed by atoms with Crippen molar-refractivity contribution in [3.05, 3.63) is 54.6 Å². The molecule has 3 aromatic rings. The number of hydrogen-bond donors (Lipinski definition) is 0. The van der Waals surface area contributed by atoms with Crippen LogP contribution >= 0.6 is 0 Å². The van der Waals surface area contributed by atoms with Crippen LogP contribution in [0.15, 0.2) is 49.1 Å². The Kier molecular flexibility index (Phi) is 3.84. The van der Waals surface area contributed by atoms with Crippen molar-refractivity contribution in [2.75, 3.05) is 18.0 Å². The summed E-state index contributed by atoms with van der Waals surface area (Å²) in [6, 6.07) is 8.66. The van der Waals surface area contributed by atoms with E-state index in [0.29, 0.717) is 5.92 Å². The van der Waals surface area contributed by atoms with Crippen LogP contribution in [0.1, 0.15) is 12.0 Å². The third-order valence-corrected chi connectivity index (χ3v) is 4.93. The van der Waals surface area contributed by atoms with Crippen molar-refractivity contribution in [1.29, 1.82) is 0 Å². The van der Waals surface area contributed by atoms with Gasteiger partial charge in [-0.2, -0.15) is 0 Å². The van der Waals surface area contributed by atoms with Crippen molar-refractivity contribution < 1.29 is 0 Å². The monoisotopic (exact) mass is 321 g/mol. The van der Waals surface area contributed by atoms with Gasteiger partial charge in [0, 0.05) is 57.2 Å². The average molecular weight is 321 g/mol. The molecule has 0 aliphatic carbocycles. The van der Waals surface area contributed by atoms with Gasteiger partial charge < -0.3 is 14.0 Å². The largest absolute Gasteiger partial charge is 0.371 e. The van der Waals surface area contributed by atoms with Gasteiger partial charge in [0.1, 0.15) is 0 Å². The predicted molar refractivity (Wildman–Crippen MR) is 95.9 cm³/mol. The number of nitrogens with zero attached hydrogens (tertiary/aromatic N) is 5. The number of anilines is 1. The van der Waals surface area contributed by atoms with E-state index in [2.05, 4.69) is 56.8 Å². The summed E-state index contributed by atoms with van der Waals surface area (Å²) >= 11 is 0. The lowest BCUT2D eigenvalue weighted by molar-refractivity contribution is 0.487. The molecule has 24 heavy (non-hydrogen) atoms. The second kappa shape index (κ2) is 6.15. The van der Waals surface area contributed by atoms with Crippen LogP contribution in [-0.2, 0) is 13.6 Å². The third-order valence-electron chi connectivity index (χ3n) is 4.93. The molecule has 5 heteroatoms. The Labute approximate surface area is 142 Å². The second-order valence-corrected chi connectivity index (χ2v) is 6.65. The standard InChI is InChI=1S/C19H23N5/c1-15-5-3-4-6-17(15)23-10-7-16(13-23)14-24-12-9-21-19(24)18-20-8-11-22(18)2/h3-6,8-9,11-12,16H,7,10,13-14H2,1-2H3/t16-/m1/s1. The molecule has 1 saturated heterocycles. The number of para-hydroxylation sites is 1. The molecule has 5 nitrogen and oxygen atoms in total. The number of aryl methyl sites for hydroxylation is 2. The molecular weight excluding hydrogens is 298 g/mol. The maximum absolute atomic E-state index is 4.52. The summed E-state index contributed by atoms with van der Waals surface area (Å²) in [5.74, 6) is 2.52. The molecule has 124 valence electrons. The molecular formula is C19H23N5. The van der Waals surface area contributed by atoms with E-state index in [0.717, 1.165) is 31.3 Å². The van der Waals surface area contributed by atoms with Crippen LogP contribution in [0.3, 0.4) is 0 Å². The van der Waals surface area contributed by atoms with E-state index in [1.807, 2.05) is 30.2 Å². The van der Waals surface area contributed by atoms with E-state index >= 15 is 0 Å². The SMILES string of the molecule is Cc1ccccc1N1CC[C@@H](Cn2ccnc2-c2nccn2C)C1. The highest BCUT2D eigenvalue weighted by atomic mass is 15.2. The highest BCUT2D eigenvalue weighted by Crippen LogP contribution is 2.28. The summed E-state index contributed by atoms with van der Waals surface area (Å²) in [4.78, 5) is 11.5. The summed E-state index contributed by atoms with van der Waals surface area (Å²) in [6.45, 7) is 5.41. The molecule has 0 spiro atoms. The van der Waals surface area contributed by atoms with Crippen molar-refractivity contribution >= 4 is 5.69 Å². The molecule has 0 unspecified atom stereocenters. The normalized spacial score (nSPS) is 17.6. The van der Waals surface area contributed by atoms with Crippen LogP contribution in [0.2, 0.25) is 0 Å². The Balaban J connectivity index is 1.49. The quantitative estimate of drug-likeness (QED) is 0.741. The van der Waals surface area contributed by atoms with E-state index in [1.54, 1.807) is 0 Å². The van der Waals surface area contributed by atoms with Gasteiger partial charge in [0.2, 0.25) is 0 Å². The maximum atomic E-state index is 4.52. The lowest BCUT2D eigenvalue weighted by atomic mass is 10.1. The number of hydrogen-bond acceptors (Lipinski definition) is 3. The molecule has 0 N–H and O–H groups in total. The smallest absolute Gasteiger partial charge is 0.176 e. The highest BCUT2D eigenvalue weighted by Gasteiger charge is 2.25. The van der Waals surface area contributed by atoms with Gasteiger partial charge >= 0.3 is 0 Å². The molecule has 0 radical (unpaired) electrons. The van der Waals surface area contributed by atoms with E-state index in [1.165, 1.54) is 17.7 Å². The van der Waals surface area contributed by atoms with Crippen LogP contribution < -0.4 is 4.90 Å². The van der Waals surface area contributed by atoms with E-state index in [4.69, 9.17) is 0 Å². The fraction of sp³-hybridized carbons (Fsp3) is 0.368. The van der Waals surface area contributed by atoms with Crippen LogP contribution in [0.25, 0.3) is 11.6 Å². The van der Waals surface area contributed by atoms with Crippen LogP contribution in [0, 0.1) is 12.8 Å². The van der Waals surface area contributed by atoms with Crippen molar-refractivity contribution in [2.24, 2.45) is 13.0 Å². The summed E-state index contributed by atoms with van der Waals surface area (Å²) in [7, 11) is 2.01. The Morgan fingerprint density at radius 3 is 2.67 bits per heavy atom. The molecule has 3 heterocycles. The molecule has 1 aliphatic rings. The Hall–Kier alpha value is -2.56. The van der Waals surface area contributed by atoms with Crippen molar-refractivity contribution in [2.45, 2.75) is 19.9 Å². The molecule has 1 atom stereocenters. The highest BCUT2D eigenvalue weighted by molar-refractivity contribution is 5.53. The zero-order valence-electron chi connectivity index (χ0n) is 14.3. The van der Waals surface area contributed by atoms with Crippen molar-refractivity contribution in [1.82, 2.24) is 19.1 Å². The Morgan fingerprint density at radius 2 is 1.88 bits per heavy atom. The predicted octanol–water partition coefficient (Wildman–Crippen LogP) is 3.12. The fourth-order valence-electron chi connectivity index (χ4n) is 3.64. The van der Waals surface area contributed by atoms with Crippen molar-refractivity contribution in [3.8, 4) is 11.6 Å². The van der Waals surface area contributed by atoms with E-state index in [-0.39, 0.29) is 0 Å². The zero-order valence-corrected chi connectivity index (χ0v) is 14.3. The Morgan fingerprint density at radius 1 is 1.08 bits per heavy atom. The molecule has 2 aromatic heterocycles. The minimum atomic E-state index is 0.637. The minimum absolute atomic E-state index is 0.637. The molecule has 1 aliphatic heterocycles. The van der Waals surface area contributed by atoms with Gasteiger partial charge in [-0.25, -0.2) is 9.97 Å². The first-order valence-electron chi connectivity index (χ1n) is 8.52. The van der Waals surface area contributed by atoms with Gasteiger partial charge in [-0.1, -0.05) is 18.2 Å². The van der Waals surface area contributed by atoms with E-state index < -0.39 is 0 Å². The van der Waals surface area contributed by atoms with Crippen LogP contribution in [-0.4, -0.2) is 32.2 Å². The number of benzene rings is 1. The zero-order chi connectivity index (χ0) is 16.5. The lowest BCUT2D eigenvalue weighted by Crippen LogP contribution is -2.22. The second-order valence-electron chi connectivity index (χ2n) is 6.65. The molecule has 1 aromatic carbocycles. The summed E-state index contributed by atoms with van der Waals surface area (Å²) in [5.41, 5.74) is 2.73. The van der Waals surface area contributed by atoms with Gasteiger partial charge in [-0.05, 0) is 30.9 Å². The molecule has 4 rings (SSSR count). The molecule has 0 saturated carbocycles. The van der Waals surface area contributed by atoms with Gasteiger partial charge in [0.05, 0.1) is 0 Å². The number of rotatable bonds is 4. The maximum Gasteiger partial charge on any atom is 0.176 e. The number of aromatic nitrogens is 4. The van der Waals surface area contributed by atoms with Crippen LogP contribution in [0.5, 0.6) is 0 Å². The summed E-state index contributed by atoms with van der Waals surface area (Å²) in [6.07, 6.45) is 8.94. The summed E-state index contributed by atoms with van der Waals surface area (Å²) in [5, 5.41) is 0. The summed E-state index contributed by atoms with van der Waals surface area (Å²) < 4.78 is 4.27. The average Bonchev–Trinajstić information content (AvgIpc) is 3.30.